The maximum absolute atomic E-state index is 10.3. The molecule has 0 aliphatic rings. The summed E-state index contributed by atoms with van der Waals surface area (Å²) in [6, 6.07) is 7.96. The van der Waals surface area contributed by atoms with Crippen LogP contribution in [0.4, 0.5) is 5.69 Å². The van der Waals surface area contributed by atoms with Crippen molar-refractivity contribution in [3.8, 4) is 0 Å². The molecule has 0 unspecified atom stereocenters. The Kier molecular flexibility index (Phi) is 5.42. The van der Waals surface area contributed by atoms with Crippen molar-refractivity contribution in [1.82, 2.24) is 5.32 Å². The lowest BCUT2D eigenvalue weighted by molar-refractivity contribution is -0.136. The van der Waals surface area contributed by atoms with Crippen molar-refractivity contribution in [2.45, 2.75) is 19.8 Å². The molecular weight excluding hydrogens is 236 g/mol. The summed E-state index contributed by atoms with van der Waals surface area (Å²) in [4.78, 5) is 10.3. The van der Waals surface area contributed by atoms with Crippen LogP contribution in [0.25, 0.3) is 0 Å². The van der Waals surface area contributed by atoms with Gasteiger partial charge in [-0.15, -0.1) is 0 Å². The Morgan fingerprint density at radius 2 is 2.00 bits per heavy atom. The van der Waals surface area contributed by atoms with E-state index in [1.807, 2.05) is 24.3 Å². The van der Waals surface area contributed by atoms with E-state index >= 15 is 0 Å². The molecular formula is C12H16N2O2S. The fraction of sp³-hybridized carbons (Fsp3) is 0.333. The second-order valence-electron chi connectivity index (χ2n) is 3.58. The molecule has 0 aliphatic heterocycles. The normalized spacial score (nSPS) is 9.71. The summed E-state index contributed by atoms with van der Waals surface area (Å²) >= 11 is 5.03. The number of aliphatic carboxylic acids is 1. The van der Waals surface area contributed by atoms with Crippen LogP contribution in [0, 0.1) is 0 Å². The van der Waals surface area contributed by atoms with Crippen LogP contribution in [0.2, 0.25) is 0 Å². The third-order valence-corrected chi connectivity index (χ3v) is 2.49. The maximum atomic E-state index is 10.3. The molecule has 0 amide bonds. The molecule has 0 heterocycles. The van der Waals surface area contributed by atoms with Gasteiger partial charge in [0.15, 0.2) is 5.11 Å². The molecule has 3 N–H and O–H groups in total. The highest BCUT2D eigenvalue weighted by atomic mass is 32.1. The van der Waals surface area contributed by atoms with E-state index in [0.717, 1.165) is 12.1 Å². The molecule has 0 atom stereocenters. The number of carboxylic acids is 1. The van der Waals surface area contributed by atoms with Gasteiger partial charge in [-0.05, 0) is 36.3 Å². The van der Waals surface area contributed by atoms with Crippen LogP contribution in [0.1, 0.15) is 18.9 Å². The monoisotopic (exact) mass is 252 g/mol. The van der Waals surface area contributed by atoms with E-state index in [1.165, 1.54) is 5.56 Å². The first-order valence-corrected chi connectivity index (χ1v) is 5.88. The quantitative estimate of drug-likeness (QED) is 0.700. The van der Waals surface area contributed by atoms with Crippen molar-refractivity contribution in [2.24, 2.45) is 0 Å². The number of thiocarbonyl (C=S) groups is 1. The Bertz CT molecular complexity index is 390. The molecule has 0 spiro atoms. The zero-order valence-electron chi connectivity index (χ0n) is 9.69. The van der Waals surface area contributed by atoms with Gasteiger partial charge in [-0.3, -0.25) is 4.79 Å². The summed E-state index contributed by atoms with van der Waals surface area (Å²) in [5.74, 6) is -0.840. The highest BCUT2D eigenvalue weighted by molar-refractivity contribution is 7.80. The number of carbonyl (C=O) groups is 1. The molecule has 1 rings (SSSR count). The average molecular weight is 252 g/mol. The van der Waals surface area contributed by atoms with Gasteiger partial charge in [0, 0.05) is 12.2 Å². The largest absolute Gasteiger partial charge is 0.481 e. The van der Waals surface area contributed by atoms with Gasteiger partial charge in [0.2, 0.25) is 0 Å². The minimum atomic E-state index is -0.840. The molecule has 92 valence electrons. The van der Waals surface area contributed by atoms with Crippen LogP contribution in [0.15, 0.2) is 24.3 Å². The van der Waals surface area contributed by atoms with Crippen LogP contribution in [-0.2, 0) is 11.2 Å². The van der Waals surface area contributed by atoms with Gasteiger partial charge >= 0.3 is 5.97 Å². The van der Waals surface area contributed by atoms with E-state index in [-0.39, 0.29) is 6.42 Å². The molecule has 1 aromatic carbocycles. The van der Waals surface area contributed by atoms with Crippen molar-refractivity contribution in [3.05, 3.63) is 29.8 Å². The fourth-order valence-corrected chi connectivity index (χ4v) is 1.50. The summed E-state index contributed by atoms with van der Waals surface area (Å²) in [6.45, 7) is 2.43. The number of benzene rings is 1. The van der Waals surface area contributed by atoms with Crippen molar-refractivity contribution in [1.29, 1.82) is 0 Å². The molecule has 0 saturated carbocycles. The number of hydrogen-bond acceptors (Lipinski definition) is 2. The van der Waals surface area contributed by atoms with Crippen molar-refractivity contribution in [2.75, 3.05) is 11.9 Å². The van der Waals surface area contributed by atoms with E-state index in [0.29, 0.717) is 11.7 Å². The first kappa shape index (κ1) is 13.4. The Morgan fingerprint density at radius 3 is 2.53 bits per heavy atom. The molecule has 0 aliphatic carbocycles. The zero-order chi connectivity index (χ0) is 12.7. The highest BCUT2D eigenvalue weighted by Gasteiger charge is 1.99. The summed E-state index contributed by atoms with van der Waals surface area (Å²) < 4.78 is 0. The lowest BCUT2D eigenvalue weighted by Crippen LogP contribution is -2.30. The minimum Gasteiger partial charge on any atom is -0.481 e. The Labute approximate surface area is 106 Å². The zero-order valence-corrected chi connectivity index (χ0v) is 10.5. The molecule has 0 radical (unpaired) electrons. The second-order valence-corrected chi connectivity index (χ2v) is 3.98. The molecule has 1 aromatic rings. The number of hydrogen-bond donors (Lipinski definition) is 3. The molecule has 5 heteroatoms. The van der Waals surface area contributed by atoms with Crippen molar-refractivity contribution in [3.63, 3.8) is 0 Å². The van der Waals surface area contributed by atoms with Crippen LogP contribution in [0.3, 0.4) is 0 Å². The molecule has 0 fully saturated rings. The molecule has 4 nitrogen and oxygen atoms in total. The number of rotatable bonds is 5. The van der Waals surface area contributed by atoms with Crippen LogP contribution >= 0.6 is 12.2 Å². The standard InChI is InChI=1S/C12H16N2O2S/c1-2-9-3-5-10(6-4-9)14-12(17)13-8-7-11(15)16/h3-6H,2,7-8H2,1H3,(H,15,16)(H2,13,14,17). The SMILES string of the molecule is CCc1ccc(NC(=S)NCCC(=O)O)cc1. The predicted octanol–water partition coefficient (Wildman–Crippen LogP) is 2.01. The van der Waals surface area contributed by atoms with Gasteiger partial charge in [0.1, 0.15) is 0 Å². The van der Waals surface area contributed by atoms with Gasteiger partial charge in [-0.1, -0.05) is 19.1 Å². The van der Waals surface area contributed by atoms with E-state index < -0.39 is 5.97 Å². The molecule has 0 saturated heterocycles. The van der Waals surface area contributed by atoms with Crippen LogP contribution in [0.5, 0.6) is 0 Å². The topological polar surface area (TPSA) is 61.4 Å². The Hall–Kier alpha value is -1.62. The summed E-state index contributed by atoms with van der Waals surface area (Å²) in [6.07, 6.45) is 1.05. The van der Waals surface area contributed by atoms with Gasteiger partial charge < -0.3 is 15.7 Å². The minimum absolute atomic E-state index is 0.0522. The maximum Gasteiger partial charge on any atom is 0.305 e. The fourth-order valence-electron chi connectivity index (χ4n) is 1.28. The van der Waals surface area contributed by atoms with E-state index in [2.05, 4.69) is 17.6 Å². The van der Waals surface area contributed by atoms with E-state index in [1.54, 1.807) is 0 Å². The van der Waals surface area contributed by atoms with Crippen LogP contribution < -0.4 is 10.6 Å². The number of carboxylic acid groups (broad SMARTS) is 1. The molecule has 0 bridgehead atoms. The van der Waals surface area contributed by atoms with Gasteiger partial charge in [-0.2, -0.15) is 0 Å². The number of anilines is 1. The van der Waals surface area contributed by atoms with E-state index in [4.69, 9.17) is 17.3 Å². The van der Waals surface area contributed by atoms with Gasteiger partial charge in [0.05, 0.1) is 6.42 Å². The van der Waals surface area contributed by atoms with Gasteiger partial charge in [-0.25, -0.2) is 0 Å². The van der Waals surface area contributed by atoms with Crippen molar-refractivity contribution >= 4 is 29.0 Å². The molecule has 0 aromatic heterocycles. The van der Waals surface area contributed by atoms with Gasteiger partial charge in [0.25, 0.3) is 0 Å². The summed E-state index contributed by atoms with van der Waals surface area (Å²) in [5, 5.41) is 14.7. The summed E-state index contributed by atoms with van der Waals surface area (Å²) in [5.41, 5.74) is 2.16. The number of aryl methyl sites for hydroxylation is 1. The first-order chi connectivity index (χ1) is 8.11. The second kappa shape index (κ2) is 6.85. The van der Waals surface area contributed by atoms with Crippen molar-refractivity contribution < 1.29 is 9.90 Å². The lowest BCUT2D eigenvalue weighted by Gasteiger charge is -2.09. The molecule has 17 heavy (non-hydrogen) atoms. The highest BCUT2D eigenvalue weighted by Crippen LogP contribution is 2.09. The third-order valence-electron chi connectivity index (χ3n) is 2.24. The Morgan fingerprint density at radius 1 is 1.35 bits per heavy atom. The van der Waals surface area contributed by atoms with Crippen LogP contribution in [-0.4, -0.2) is 22.7 Å². The smallest absolute Gasteiger partial charge is 0.305 e. The Balaban J connectivity index is 2.37. The van der Waals surface area contributed by atoms with E-state index in [9.17, 15) is 4.79 Å². The number of nitrogens with one attached hydrogen (secondary N) is 2. The lowest BCUT2D eigenvalue weighted by atomic mass is 10.1. The average Bonchev–Trinajstić information content (AvgIpc) is 2.29. The first-order valence-electron chi connectivity index (χ1n) is 5.47. The predicted molar refractivity (Wildman–Crippen MR) is 72.3 cm³/mol. The third kappa shape index (κ3) is 5.31. The summed E-state index contributed by atoms with van der Waals surface area (Å²) in [7, 11) is 0.